The van der Waals surface area contributed by atoms with Gasteiger partial charge in [0.15, 0.2) is 0 Å². The van der Waals surface area contributed by atoms with E-state index in [9.17, 15) is 0 Å². The average molecular weight is 269 g/mol. The largest absolute Gasteiger partial charge is 0.388 e. The monoisotopic (exact) mass is 269 g/mol. The van der Waals surface area contributed by atoms with E-state index in [0.717, 1.165) is 35.9 Å². The molecule has 0 unspecified atom stereocenters. The molecule has 3 N–H and O–H groups in total. The van der Waals surface area contributed by atoms with Crippen molar-refractivity contribution in [3.8, 4) is 0 Å². The predicted molar refractivity (Wildman–Crippen MR) is 78.8 cm³/mol. The van der Waals surface area contributed by atoms with Gasteiger partial charge in [0.05, 0.1) is 5.69 Å². The van der Waals surface area contributed by atoms with Crippen LogP contribution in [0.5, 0.6) is 0 Å². The van der Waals surface area contributed by atoms with Crippen LogP contribution in [-0.4, -0.2) is 23.8 Å². The lowest BCUT2D eigenvalue weighted by atomic mass is 10.3. The van der Waals surface area contributed by atoms with Gasteiger partial charge in [0.2, 0.25) is 0 Å². The van der Waals surface area contributed by atoms with Crippen molar-refractivity contribution in [3.05, 3.63) is 42.4 Å². The Kier molecular flexibility index (Phi) is 7.96. The Hall–Kier alpha value is -0.650. The van der Waals surface area contributed by atoms with Crippen LogP contribution in [-0.2, 0) is 5.75 Å². The first-order valence-electron chi connectivity index (χ1n) is 5.59. The van der Waals surface area contributed by atoms with E-state index in [1.165, 1.54) is 0 Å². The average Bonchev–Trinajstić information content (AvgIpc) is 2.35. The predicted octanol–water partition coefficient (Wildman–Crippen LogP) is 2.42. The maximum atomic E-state index is 5.43. The van der Waals surface area contributed by atoms with E-state index >= 15 is 0 Å². The molecule has 1 rings (SSSR count). The van der Waals surface area contributed by atoms with Gasteiger partial charge in [0.1, 0.15) is 0 Å². The SMILES string of the molecule is C=C(CCN)NCCSSCc1ccccn1. The van der Waals surface area contributed by atoms with Gasteiger partial charge < -0.3 is 11.1 Å². The van der Waals surface area contributed by atoms with Crippen LogP contribution in [0.2, 0.25) is 0 Å². The Morgan fingerprint density at radius 2 is 2.29 bits per heavy atom. The van der Waals surface area contributed by atoms with Crippen LogP contribution < -0.4 is 11.1 Å². The molecular formula is C12H19N3S2. The number of pyridine rings is 1. The first-order valence-corrected chi connectivity index (χ1v) is 8.07. The van der Waals surface area contributed by atoms with E-state index in [1.807, 2.05) is 39.9 Å². The van der Waals surface area contributed by atoms with Crippen molar-refractivity contribution < 1.29 is 0 Å². The maximum absolute atomic E-state index is 5.43. The zero-order valence-corrected chi connectivity index (χ0v) is 11.5. The second-order valence-electron chi connectivity index (χ2n) is 3.47. The van der Waals surface area contributed by atoms with Crippen molar-refractivity contribution in [1.29, 1.82) is 0 Å². The molecule has 0 aliphatic carbocycles. The van der Waals surface area contributed by atoms with E-state index in [2.05, 4.69) is 22.9 Å². The second kappa shape index (κ2) is 9.39. The lowest BCUT2D eigenvalue weighted by Crippen LogP contribution is -2.17. The summed E-state index contributed by atoms with van der Waals surface area (Å²) >= 11 is 0. The molecule has 1 aromatic rings. The summed E-state index contributed by atoms with van der Waals surface area (Å²) in [6.07, 6.45) is 2.69. The van der Waals surface area contributed by atoms with Crippen molar-refractivity contribution in [2.24, 2.45) is 5.73 Å². The Balaban J connectivity index is 1.96. The summed E-state index contributed by atoms with van der Waals surface area (Å²) < 4.78 is 0. The smallest absolute Gasteiger partial charge is 0.0511 e. The van der Waals surface area contributed by atoms with Crippen LogP contribution in [0.1, 0.15) is 12.1 Å². The molecule has 0 bridgehead atoms. The zero-order chi connectivity index (χ0) is 12.3. The van der Waals surface area contributed by atoms with Gasteiger partial charge in [-0.1, -0.05) is 34.2 Å². The molecule has 5 heteroatoms. The Morgan fingerprint density at radius 3 is 3.00 bits per heavy atom. The van der Waals surface area contributed by atoms with E-state index in [1.54, 1.807) is 0 Å². The summed E-state index contributed by atoms with van der Waals surface area (Å²) in [7, 11) is 3.68. The van der Waals surface area contributed by atoms with E-state index in [0.29, 0.717) is 6.54 Å². The molecule has 0 fully saturated rings. The van der Waals surface area contributed by atoms with Gasteiger partial charge in [-0.3, -0.25) is 4.98 Å². The van der Waals surface area contributed by atoms with Crippen LogP contribution in [0.25, 0.3) is 0 Å². The van der Waals surface area contributed by atoms with E-state index < -0.39 is 0 Å². The van der Waals surface area contributed by atoms with Crippen molar-refractivity contribution in [2.45, 2.75) is 12.2 Å². The van der Waals surface area contributed by atoms with Crippen LogP contribution in [0.15, 0.2) is 36.7 Å². The fraction of sp³-hybridized carbons (Fsp3) is 0.417. The summed E-state index contributed by atoms with van der Waals surface area (Å²) in [5.41, 5.74) is 7.59. The minimum absolute atomic E-state index is 0.660. The molecule has 0 saturated heterocycles. The number of hydrogen-bond acceptors (Lipinski definition) is 5. The quantitative estimate of drug-likeness (QED) is 0.532. The lowest BCUT2D eigenvalue weighted by Gasteiger charge is -2.07. The van der Waals surface area contributed by atoms with Gasteiger partial charge in [0, 0.05) is 29.9 Å². The molecule has 3 nitrogen and oxygen atoms in total. The number of nitrogens with zero attached hydrogens (tertiary/aromatic N) is 1. The van der Waals surface area contributed by atoms with E-state index in [-0.39, 0.29) is 0 Å². The third-order valence-electron chi connectivity index (χ3n) is 2.02. The normalized spacial score (nSPS) is 10.2. The van der Waals surface area contributed by atoms with Gasteiger partial charge in [-0.15, -0.1) is 0 Å². The molecule has 1 aromatic heterocycles. The molecule has 94 valence electrons. The number of aromatic nitrogens is 1. The Morgan fingerprint density at radius 1 is 1.41 bits per heavy atom. The number of nitrogens with two attached hydrogens (primary N) is 1. The molecular weight excluding hydrogens is 250 g/mol. The first kappa shape index (κ1) is 14.4. The minimum Gasteiger partial charge on any atom is -0.388 e. The standard InChI is InChI=1S/C12H19N3S2/c1-11(5-6-13)14-8-9-16-17-10-12-4-2-3-7-15-12/h2-4,7,14H,1,5-6,8-10,13H2. The van der Waals surface area contributed by atoms with Gasteiger partial charge in [-0.05, 0) is 25.1 Å². The summed E-state index contributed by atoms with van der Waals surface area (Å²) in [4.78, 5) is 4.27. The molecule has 17 heavy (non-hydrogen) atoms. The van der Waals surface area contributed by atoms with Gasteiger partial charge in [-0.2, -0.15) is 0 Å². The third kappa shape index (κ3) is 7.31. The first-order chi connectivity index (χ1) is 8.33. The summed E-state index contributed by atoms with van der Waals surface area (Å²) in [5, 5.41) is 3.26. The van der Waals surface area contributed by atoms with Crippen molar-refractivity contribution >= 4 is 21.6 Å². The Bertz CT molecular complexity index is 317. The highest BCUT2D eigenvalue weighted by molar-refractivity contribution is 8.76. The molecule has 0 radical (unpaired) electrons. The molecule has 0 saturated carbocycles. The van der Waals surface area contributed by atoms with E-state index in [4.69, 9.17) is 5.73 Å². The third-order valence-corrected chi connectivity index (χ3v) is 4.33. The lowest BCUT2D eigenvalue weighted by molar-refractivity contribution is 0.789. The Labute approximate surface area is 111 Å². The van der Waals surface area contributed by atoms with Crippen LogP contribution in [0, 0.1) is 0 Å². The van der Waals surface area contributed by atoms with Crippen LogP contribution in [0.4, 0.5) is 0 Å². The van der Waals surface area contributed by atoms with Crippen molar-refractivity contribution in [3.63, 3.8) is 0 Å². The summed E-state index contributed by atoms with van der Waals surface area (Å²) in [5.74, 6) is 2.01. The van der Waals surface area contributed by atoms with Crippen molar-refractivity contribution in [2.75, 3.05) is 18.8 Å². The molecule has 0 amide bonds. The summed E-state index contributed by atoms with van der Waals surface area (Å²) in [6, 6.07) is 6.01. The number of rotatable bonds is 9. The molecule has 0 aliphatic rings. The van der Waals surface area contributed by atoms with Gasteiger partial charge >= 0.3 is 0 Å². The summed E-state index contributed by atoms with van der Waals surface area (Å²) in [6.45, 7) is 5.50. The van der Waals surface area contributed by atoms with Crippen LogP contribution >= 0.6 is 21.6 Å². The molecule has 0 spiro atoms. The highest BCUT2D eigenvalue weighted by Gasteiger charge is 1.95. The molecule has 0 atom stereocenters. The fourth-order valence-electron chi connectivity index (χ4n) is 1.18. The van der Waals surface area contributed by atoms with Gasteiger partial charge in [0.25, 0.3) is 0 Å². The van der Waals surface area contributed by atoms with Crippen LogP contribution in [0.3, 0.4) is 0 Å². The fourth-order valence-corrected chi connectivity index (χ4v) is 3.07. The van der Waals surface area contributed by atoms with Gasteiger partial charge in [-0.25, -0.2) is 0 Å². The zero-order valence-electron chi connectivity index (χ0n) is 9.89. The molecule has 0 aliphatic heterocycles. The second-order valence-corrected chi connectivity index (χ2v) is 6.06. The maximum Gasteiger partial charge on any atom is 0.0511 e. The molecule has 0 aromatic carbocycles. The van der Waals surface area contributed by atoms with Crippen molar-refractivity contribution in [1.82, 2.24) is 10.3 Å². The highest BCUT2D eigenvalue weighted by atomic mass is 33.1. The molecule has 1 heterocycles. The highest BCUT2D eigenvalue weighted by Crippen LogP contribution is 2.24. The topological polar surface area (TPSA) is 50.9 Å². The minimum atomic E-state index is 0.660. The number of nitrogens with one attached hydrogen (secondary N) is 1. The number of hydrogen-bond donors (Lipinski definition) is 2.